The van der Waals surface area contributed by atoms with Gasteiger partial charge >= 0.3 is 7.60 Å². The standard InChI is InChI=1S/C12H14NO5PS2/c14-19(15,16)11(9-10-5-2-1-3-6-10)13(21(17)18)12-7-4-8-20-12/h1-8,11H,9H2,(H,17,18)(H2,14,15,16)/p-1. The molecular formula is C12H13NO5PS2-. The molecule has 0 bridgehead atoms. The first-order chi connectivity index (χ1) is 9.89. The summed E-state index contributed by atoms with van der Waals surface area (Å²) in [5, 5.41) is 1.92. The third kappa shape index (κ3) is 4.23. The number of nitrogens with zero attached hydrogens (tertiary/aromatic N) is 1. The minimum absolute atomic E-state index is 0.0724. The van der Waals surface area contributed by atoms with Crippen LogP contribution in [0.25, 0.3) is 0 Å². The van der Waals surface area contributed by atoms with E-state index in [0.29, 0.717) is 5.56 Å². The molecule has 1 heterocycles. The SMILES string of the molecule is O=S([O-])N(c1cccs1)C(Cc1ccccc1)P(=O)(O)O. The van der Waals surface area contributed by atoms with E-state index >= 15 is 0 Å². The zero-order chi connectivity index (χ0) is 15.5. The number of hydrogen-bond donors (Lipinski definition) is 2. The van der Waals surface area contributed by atoms with E-state index in [1.807, 2.05) is 0 Å². The monoisotopic (exact) mass is 346 g/mol. The Morgan fingerprint density at radius 3 is 2.38 bits per heavy atom. The maximum absolute atomic E-state index is 11.8. The van der Waals surface area contributed by atoms with E-state index in [0.717, 1.165) is 15.6 Å². The molecule has 0 amide bonds. The van der Waals surface area contributed by atoms with Crippen LogP contribution in [-0.4, -0.2) is 24.3 Å². The maximum atomic E-state index is 11.8. The van der Waals surface area contributed by atoms with Gasteiger partial charge in [0.1, 0.15) is 10.8 Å². The molecule has 1 aromatic heterocycles. The first-order valence-electron chi connectivity index (χ1n) is 5.91. The fourth-order valence-corrected chi connectivity index (χ4v) is 4.88. The second-order valence-electron chi connectivity index (χ2n) is 4.25. The average molecular weight is 346 g/mol. The number of rotatable bonds is 6. The number of anilines is 1. The Bertz CT molecular complexity index is 643. The second kappa shape index (κ2) is 6.83. The van der Waals surface area contributed by atoms with Crippen LogP contribution in [0.5, 0.6) is 0 Å². The molecule has 0 radical (unpaired) electrons. The highest BCUT2D eigenvalue weighted by Crippen LogP contribution is 2.47. The summed E-state index contributed by atoms with van der Waals surface area (Å²) in [6.45, 7) is 0. The van der Waals surface area contributed by atoms with E-state index in [1.54, 1.807) is 41.8 Å². The molecule has 9 heteroatoms. The molecule has 6 nitrogen and oxygen atoms in total. The zero-order valence-electron chi connectivity index (χ0n) is 10.7. The van der Waals surface area contributed by atoms with Gasteiger partial charge in [-0.2, -0.15) is 0 Å². The topological polar surface area (TPSA) is 101 Å². The van der Waals surface area contributed by atoms with Gasteiger partial charge in [0.2, 0.25) is 0 Å². The molecule has 2 unspecified atom stereocenters. The van der Waals surface area contributed by atoms with Crippen LogP contribution in [0.3, 0.4) is 0 Å². The Hall–Kier alpha value is -1.02. The van der Waals surface area contributed by atoms with Gasteiger partial charge in [-0.3, -0.25) is 13.1 Å². The van der Waals surface area contributed by atoms with Crippen LogP contribution in [0.4, 0.5) is 5.00 Å². The molecule has 21 heavy (non-hydrogen) atoms. The molecule has 2 rings (SSSR count). The highest BCUT2D eigenvalue weighted by atomic mass is 32.2. The van der Waals surface area contributed by atoms with Crippen molar-refractivity contribution in [3.8, 4) is 0 Å². The van der Waals surface area contributed by atoms with Gasteiger partial charge in [-0.15, -0.1) is 11.3 Å². The van der Waals surface area contributed by atoms with E-state index in [9.17, 15) is 23.1 Å². The van der Waals surface area contributed by atoms with Crippen molar-refractivity contribution in [3.63, 3.8) is 0 Å². The van der Waals surface area contributed by atoms with Crippen molar-refractivity contribution < 1.29 is 23.1 Å². The summed E-state index contributed by atoms with van der Waals surface area (Å²) in [5.41, 5.74) is 0.651. The quantitative estimate of drug-likeness (QED) is 0.616. The third-order valence-corrected chi connectivity index (χ3v) is 5.91. The van der Waals surface area contributed by atoms with Crippen molar-refractivity contribution in [3.05, 3.63) is 53.4 Å². The molecule has 0 aliphatic carbocycles. The molecule has 0 saturated carbocycles. The number of hydrogen-bond acceptors (Lipinski definition) is 4. The van der Waals surface area contributed by atoms with Crippen LogP contribution < -0.4 is 4.31 Å². The fraction of sp³-hybridized carbons (Fsp3) is 0.167. The number of benzene rings is 1. The lowest BCUT2D eigenvalue weighted by Crippen LogP contribution is -2.37. The van der Waals surface area contributed by atoms with Crippen molar-refractivity contribution in [2.45, 2.75) is 12.2 Å². The molecule has 114 valence electrons. The Morgan fingerprint density at radius 2 is 1.90 bits per heavy atom. The smallest absolute Gasteiger partial charge is 0.349 e. The average Bonchev–Trinajstić information content (AvgIpc) is 2.91. The largest absolute Gasteiger partial charge is 0.755 e. The lowest BCUT2D eigenvalue weighted by molar-refractivity contribution is 0.357. The van der Waals surface area contributed by atoms with Gasteiger partial charge in [-0.1, -0.05) is 30.3 Å². The molecule has 0 saturated heterocycles. The third-order valence-electron chi connectivity index (χ3n) is 2.80. The van der Waals surface area contributed by atoms with E-state index in [4.69, 9.17) is 0 Å². The minimum atomic E-state index is -4.65. The van der Waals surface area contributed by atoms with Crippen LogP contribution in [-0.2, 0) is 22.3 Å². The van der Waals surface area contributed by atoms with Crippen molar-refractivity contribution in [1.82, 2.24) is 0 Å². The summed E-state index contributed by atoms with van der Waals surface area (Å²) in [4.78, 5) is 19.1. The number of thiophene rings is 1. The van der Waals surface area contributed by atoms with Gasteiger partial charge in [-0.25, -0.2) is 0 Å². The van der Waals surface area contributed by atoms with Gasteiger partial charge in [-0.05, 0) is 23.1 Å². The molecule has 0 aliphatic rings. The molecule has 2 aromatic rings. The van der Waals surface area contributed by atoms with Gasteiger partial charge in [0.25, 0.3) is 0 Å². The predicted molar refractivity (Wildman–Crippen MR) is 81.7 cm³/mol. The summed E-state index contributed by atoms with van der Waals surface area (Å²) in [6, 6.07) is 11.8. The van der Waals surface area contributed by atoms with Gasteiger partial charge in [0, 0.05) is 17.7 Å². The minimum Gasteiger partial charge on any atom is -0.755 e. The van der Waals surface area contributed by atoms with Crippen molar-refractivity contribution in [2.75, 3.05) is 4.31 Å². The van der Waals surface area contributed by atoms with Crippen LogP contribution in [0, 0.1) is 0 Å². The highest BCUT2D eigenvalue weighted by Gasteiger charge is 2.36. The van der Waals surface area contributed by atoms with Gasteiger partial charge < -0.3 is 14.3 Å². The van der Waals surface area contributed by atoms with E-state index < -0.39 is 24.6 Å². The van der Waals surface area contributed by atoms with E-state index in [-0.39, 0.29) is 11.4 Å². The summed E-state index contributed by atoms with van der Waals surface area (Å²) in [5.74, 6) is -1.46. The fourth-order valence-electron chi connectivity index (χ4n) is 1.88. The van der Waals surface area contributed by atoms with Crippen molar-refractivity contribution in [1.29, 1.82) is 0 Å². The Kier molecular flexibility index (Phi) is 5.32. The predicted octanol–water partition coefficient (Wildman–Crippen LogP) is 2.10. The van der Waals surface area contributed by atoms with Crippen LogP contribution in [0.15, 0.2) is 47.8 Å². The van der Waals surface area contributed by atoms with Crippen LogP contribution >= 0.6 is 18.9 Å². The van der Waals surface area contributed by atoms with Crippen molar-refractivity contribution in [2.24, 2.45) is 0 Å². The second-order valence-corrected chi connectivity index (χ2v) is 7.78. The first-order valence-corrected chi connectivity index (χ1v) is 9.50. The van der Waals surface area contributed by atoms with E-state index in [2.05, 4.69) is 0 Å². The Labute approximate surface area is 128 Å². The van der Waals surface area contributed by atoms with Gasteiger partial charge in [0.15, 0.2) is 0 Å². The molecular weight excluding hydrogens is 333 g/mol. The van der Waals surface area contributed by atoms with E-state index in [1.165, 1.54) is 6.07 Å². The molecule has 2 N–H and O–H groups in total. The first kappa shape index (κ1) is 16.4. The molecule has 1 aromatic carbocycles. The highest BCUT2D eigenvalue weighted by molar-refractivity contribution is 7.81. The summed E-state index contributed by atoms with van der Waals surface area (Å²) in [6.07, 6.45) is -0.0724. The molecule has 0 fully saturated rings. The Morgan fingerprint density at radius 1 is 1.24 bits per heavy atom. The molecule has 0 spiro atoms. The molecule has 0 aliphatic heterocycles. The van der Waals surface area contributed by atoms with Gasteiger partial charge in [0.05, 0.1) is 0 Å². The lowest BCUT2D eigenvalue weighted by atomic mass is 10.1. The summed E-state index contributed by atoms with van der Waals surface area (Å²) < 4.78 is 35.4. The van der Waals surface area contributed by atoms with Crippen LogP contribution in [0.2, 0.25) is 0 Å². The Balaban J connectivity index is 2.39. The zero-order valence-corrected chi connectivity index (χ0v) is 13.3. The summed E-state index contributed by atoms with van der Waals surface area (Å²) >= 11 is -1.68. The van der Waals surface area contributed by atoms with Crippen LogP contribution in [0.1, 0.15) is 5.56 Å². The lowest BCUT2D eigenvalue weighted by Gasteiger charge is -2.33. The normalized spacial score (nSPS) is 14.6. The maximum Gasteiger partial charge on any atom is 0.349 e. The van der Waals surface area contributed by atoms with Crippen molar-refractivity contribution >= 4 is 35.2 Å². The summed E-state index contributed by atoms with van der Waals surface area (Å²) in [7, 11) is -4.65. The molecule has 2 atom stereocenters.